The molecule has 0 radical (unpaired) electrons. The van der Waals surface area contributed by atoms with Gasteiger partial charge >= 0.3 is 0 Å². The molecule has 0 atom stereocenters. The fourth-order valence-electron chi connectivity index (χ4n) is 3.11. The Morgan fingerprint density at radius 1 is 1.07 bits per heavy atom. The van der Waals surface area contributed by atoms with E-state index in [1.54, 1.807) is 6.20 Å². The standard InChI is InChI=1S/C24H27N3O2/c1-4-29-23-13-9-8-12-21(23)26-24(28)22-16-20(14-15-25-22)27(18(2)3)17-19-10-6-5-7-11-19/h5-16,18H,4,17H2,1-3H3,(H,26,28). The molecule has 0 saturated carbocycles. The van der Waals surface area contributed by atoms with E-state index in [2.05, 4.69) is 41.2 Å². The minimum Gasteiger partial charge on any atom is -0.492 e. The minimum absolute atomic E-state index is 0.262. The van der Waals surface area contributed by atoms with Crippen LogP contribution in [0.1, 0.15) is 36.8 Å². The maximum atomic E-state index is 12.8. The average Bonchev–Trinajstić information content (AvgIpc) is 2.74. The lowest BCUT2D eigenvalue weighted by atomic mass is 10.1. The number of carbonyl (C=O) groups excluding carboxylic acids is 1. The minimum atomic E-state index is -0.262. The first-order valence-electron chi connectivity index (χ1n) is 9.88. The van der Waals surface area contributed by atoms with Crippen LogP contribution in [-0.4, -0.2) is 23.5 Å². The zero-order valence-corrected chi connectivity index (χ0v) is 17.1. The van der Waals surface area contributed by atoms with Crippen molar-refractivity contribution in [3.8, 4) is 5.75 Å². The lowest BCUT2D eigenvalue weighted by Gasteiger charge is -2.29. The van der Waals surface area contributed by atoms with Crippen LogP contribution in [0, 0.1) is 0 Å². The molecule has 0 unspecified atom stereocenters. The molecule has 1 heterocycles. The molecule has 5 heteroatoms. The molecule has 3 aromatic rings. The van der Waals surface area contributed by atoms with E-state index in [1.807, 2.05) is 61.5 Å². The van der Waals surface area contributed by atoms with Crippen molar-refractivity contribution < 1.29 is 9.53 Å². The van der Waals surface area contributed by atoms with Gasteiger partial charge in [0.1, 0.15) is 11.4 Å². The smallest absolute Gasteiger partial charge is 0.274 e. The molecule has 0 fully saturated rings. The van der Waals surface area contributed by atoms with Crippen molar-refractivity contribution in [1.29, 1.82) is 0 Å². The number of amides is 1. The maximum Gasteiger partial charge on any atom is 0.274 e. The van der Waals surface area contributed by atoms with Crippen molar-refractivity contribution in [1.82, 2.24) is 4.98 Å². The zero-order valence-electron chi connectivity index (χ0n) is 17.1. The van der Waals surface area contributed by atoms with Gasteiger partial charge in [0.2, 0.25) is 0 Å². The summed E-state index contributed by atoms with van der Waals surface area (Å²) in [4.78, 5) is 19.4. The molecule has 3 rings (SSSR count). The van der Waals surface area contributed by atoms with Gasteiger partial charge in [0.25, 0.3) is 5.91 Å². The summed E-state index contributed by atoms with van der Waals surface area (Å²) in [5.74, 6) is 0.384. The Morgan fingerprint density at radius 3 is 2.52 bits per heavy atom. The Balaban J connectivity index is 1.81. The Hall–Kier alpha value is -3.34. The Kier molecular flexibility index (Phi) is 6.85. The summed E-state index contributed by atoms with van der Waals surface area (Å²) in [7, 11) is 0. The summed E-state index contributed by atoms with van der Waals surface area (Å²) in [5.41, 5.74) is 3.18. The molecular weight excluding hydrogens is 362 g/mol. The highest BCUT2D eigenvalue weighted by Gasteiger charge is 2.16. The van der Waals surface area contributed by atoms with Crippen LogP contribution in [0.15, 0.2) is 72.9 Å². The second-order valence-electron chi connectivity index (χ2n) is 6.99. The van der Waals surface area contributed by atoms with Crippen LogP contribution in [0.2, 0.25) is 0 Å². The lowest BCUT2D eigenvalue weighted by molar-refractivity contribution is 0.102. The van der Waals surface area contributed by atoms with Crippen LogP contribution in [0.5, 0.6) is 5.75 Å². The highest BCUT2D eigenvalue weighted by Crippen LogP contribution is 2.25. The number of carbonyl (C=O) groups is 1. The lowest BCUT2D eigenvalue weighted by Crippen LogP contribution is -2.30. The second kappa shape index (κ2) is 9.73. The molecule has 0 aliphatic rings. The molecule has 0 saturated heterocycles. The average molecular weight is 389 g/mol. The molecule has 1 N–H and O–H groups in total. The third-order valence-corrected chi connectivity index (χ3v) is 4.56. The zero-order chi connectivity index (χ0) is 20.6. The number of hydrogen-bond donors (Lipinski definition) is 1. The van der Waals surface area contributed by atoms with Gasteiger partial charge in [0, 0.05) is 24.5 Å². The predicted molar refractivity (Wildman–Crippen MR) is 118 cm³/mol. The summed E-state index contributed by atoms with van der Waals surface area (Å²) >= 11 is 0. The topological polar surface area (TPSA) is 54.5 Å². The van der Waals surface area contributed by atoms with Crippen LogP contribution in [0.25, 0.3) is 0 Å². The largest absolute Gasteiger partial charge is 0.492 e. The first kappa shape index (κ1) is 20.4. The van der Waals surface area contributed by atoms with Gasteiger partial charge in [0.05, 0.1) is 12.3 Å². The van der Waals surface area contributed by atoms with Crippen LogP contribution < -0.4 is 15.0 Å². The van der Waals surface area contributed by atoms with Crippen molar-refractivity contribution >= 4 is 17.3 Å². The van der Waals surface area contributed by atoms with Crippen molar-refractivity contribution in [2.75, 3.05) is 16.8 Å². The van der Waals surface area contributed by atoms with Gasteiger partial charge in [-0.25, -0.2) is 0 Å². The Morgan fingerprint density at radius 2 is 1.79 bits per heavy atom. The summed E-state index contributed by atoms with van der Waals surface area (Å²) in [6, 6.07) is 21.7. The van der Waals surface area contributed by atoms with Crippen molar-refractivity contribution in [3.05, 3.63) is 84.2 Å². The van der Waals surface area contributed by atoms with Gasteiger partial charge in [-0.15, -0.1) is 0 Å². The monoisotopic (exact) mass is 389 g/mol. The number of rotatable bonds is 8. The number of hydrogen-bond acceptors (Lipinski definition) is 4. The highest BCUT2D eigenvalue weighted by molar-refractivity contribution is 6.04. The first-order chi connectivity index (χ1) is 14.1. The fourth-order valence-corrected chi connectivity index (χ4v) is 3.11. The van der Waals surface area contributed by atoms with Crippen LogP contribution in [0.4, 0.5) is 11.4 Å². The third-order valence-electron chi connectivity index (χ3n) is 4.56. The number of para-hydroxylation sites is 2. The van der Waals surface area contributed by atoms with E-state index in [0.717, 1.165) is 12.2 Å². The van der Waals surface area contributed by atoms with Gasteiger partial charge in [-0.2, -0.15) is 0 Å². The highest BCUT2D eigenvalue weighted by atomic mass is 16.5. The molecule has 5 nitrogen and oxygen atoms in total. The van der Waals surface area contributed by atoms with Crippen molar-refractivity contribution in [2.45, 2.75) is 33.4 Å². The number of benzene rings is 2. The molecule has 0 bridgehead atoms. The van der Waals surface area contributed by atoms with Gasteiger partial charge < -0.3 is 15.0 Å². The Bertz CT molecular complexity index is 942. The van der Waals surface area contributed by atoms with Crippen molar-refractivity contribution in [3.63, 3.8) is 0 Å². The van der Waals surface area contributed by atoms with E-state index >= 15 is 0 Å². The normalized spacial score (nSPS) is 10.6. The number of nitrogens with one attached hydrogen (secondary N) is 1. The number of ether oxygens (including phenoxy) is 1. The Labute approximate surface area is 172 Å². The van der Waals surface area contributed by atoms with Gasteiger partial charge in [-0.3, -0.25) is 9.78 Å². The van der Waals surface area contributed by atoms with Gasteiger partial charge in [-0.1, -0.05) is 42.5 Å². The van der Waals surface area contributed by atoms with E-state index in [0.29, 0.717) is 23.7 Å². The number of nitrogens with zero attached hydrogens (tertiary/aromatic N) is 2. The van der Waals surface area contributed by atoms with Crippen LogP contribution in [-0.2, 0) is 6.54 Å². The summed E-state index contributed by atoms with van der Waals surface area (Å²) in [5, 5.41) is 2.91. The predicted octanol–water partition coefficient (Wildman–Crippen LogP) is 5.15. The molecular formula is C24H27N3O2. The van der Waals surface area contributed by atoms with E-state index in [9.17, 15) is 4.79 Å². The van der Waals surface area contributed by atoms with E-state index in [-0.39, 0.29) is 11.9 Å². The fraction of sp³-hybridized carbons (Fsp3) is 0.250. The molecule has 150 valence electrons. The molecule has 29 heavy (non-hydrogen) atoms. The molecule has 0 spiro atoms. The third kappa shape index (κ3) is 5.35. The van der Waals surface area contributed by atoms with Gasteiger partial charge in [0.15, 0.2) is 0 Å². The number of aromatic nitrogens is 1. The quantitative estimate of drug-likeness (QED) is 0.579. The summed E-state index contributed by atoms with van der Waals surface area (Å²) in [6.07, 6.45) is 1.68. The maximum absolute atomic E-state index is 12.8. The molecule has 1 amide bonds. The molecule has 1 aromatic heterocycles. The summed E-state index contributed by atoms with van der Waals surface area (Å²) in [6.45, 7) is 7.49. The van der Waals surface area contributed by atoms with Crippen LogP contribution in [0.3, 0.4) is 0 Å². The van der Waals surface area contributed by atoms with Gasteiger partial charge in [-0.05, 0) is 50.6 Å². The molecule has 2 aromatic carbocycles. The summed E-state index contributed by atoms with van der Waals surface area (Å²) < 4.78 is 5.59. The molecule has 0 aliphatic carbocycles. The van der Waals surface area contributed by atoms with Crippen molar-refractivity contribution in [2.24, 2.45) is 0 Å². The van der Waals surface area contributed by atoms with E-state index in [1.165, 1.54) is 5.56 Å². The molecule has 0 aliphatic heterocycles. The van der Waals surface area contributed by atoms with Crippen LogP contribution >= 0.6 is 0 Å². The number of anilines is 2. The first-order valence-corrected chi connectivity index (χ1v) is 9.88. The second-order valence-corrected chi connectivity index (χ2v) is 6.99. The number of pyridine rings is 1. The van der Waals surface area contributed by atoms with E-state index in [4.69, 9.17) is 4.74 Å². The SMILES string of the molecule is CCOc1ccccc1NC(=O)c1cc(N(Cc2ccccc2)C(C)C)ccn1. The van der Waals surface area contributed by atoms with E-state index < -0.39 is 0 Å².